The van der Waals surface area contributed by atoms with E-state index in [0.29, 0.717) is 51.1 Å². The lowest BCUT2D eigenvalue weighted by molar-refractivity contribution is -0.131. The van der Waals surface area contributed by atoms with Crippen LogP contribution in [0.15, 0.2) is 53.4 Å². The summed E-state index contributed by atoms with van der Waals surface area (Å²) in [5.41, 5.74) is 2.39. The zero-order valence-corrected chi connectivity index (χ0v) is 19.0. The number of rotatable bonds is 4. The van der Waals surface area contributed by atoms with Crippen LogP contribution in [0.1, 0.15) is 37.3 Å². The van der Waals surface area contributed by atoms with Crippen molar-refractivity contribution in [2.75, 3.05) is 19.6 Å². The summed E-state index contributed by atoms with van der Waals surface area (Å²) in [5, 5.41) is 0. The molecule has 2 aliphatic rings. The third-order valence-corrected chi connectivity index (χ3v) is 8.46. The lowest BCUT2D eigenvalue weighted by Gasteiger charge is -2.30. The van der Waals surface area contributed by atoms with Crippen LogP contribution in [0.25, 0.3) is 0 Å². The van der Waals surface area contributed by atoms with Crippen LogP contribution in [0, 0.1) is 6.92 Å². The summed E-state index contributed by atoms with van der Waals surface area (Å²) in [6.45, 7) is 5.42. The van der Waals surface area contributed by atoms with Crippen molar-refractivity contribution in [1.82, 2.24) is 9.21 Å². The summed E-state index contributed by atoms with van der Waals surface area (Å²) < 4.78 is 34.4. The van der Waals surface area contributed by atoms with Crippen LogP contribution in [0.3, 0.4) is 0 Å². The molecule has 0 saturated carbocycles. The maximum Gasteiger partial charge on any atom is 0.247 e. The largest absolute Gasteiger partial charge is 0.487 e. The molecule has 1 saturated heterocycles. The number of carbonyl (C=O) groups excluding carboxylic acids is 1. The van der Waals surface area contributed by atoms with E-state index in [0.717, 1.165) is 0 Å². The fourth-order valence-electron chi connectivity index (χ4n) is 4.70. The minimum Gasteiger partial charge on any atom is -0.487 e. The molecule has 0 N–H and O–H groups in total. The maximum atomic E-state index is 13.3. The van der Waals surface area contributed by atoms with Crippen LogP contribution in [-0.4, -0.2) is 55.3 Å². The molecule has 6 nitrogen and oxygen atoms in total. The summed E-state index contributed by atoms with van der Waals surface area (Å²) in [4.78, 5) is 15.0. The Morgan fingerprint density at radius 3 is 2.55 bits per heavy atom. The average molecular weight is 443 g/mol. The molecule has 0 radical (unpaired) electrons. The Bertz CT molecular complexity index is 1050. The van der Waals surface area contributed by atoms with Gasteiger partial charge >= 0.3 is 0 Å². The summed E-state index contributed by atoms with van der Waals surface area (Å²) in [6.07, 6.45) is 2.09. The summed E-state index contributed by atoms with van der Waals surface area (Å²) in [7, 11) is -3.64. The first-order chi connectivity index (χ1) is 14.9. The molecule has 2 aromatic rings. The highest BCUT2D eigenvalue weighted by Crippen LogP contribution is 2.36. The zero-order valence-electron chi connectivity index (χ0n) is 18.2. The van der Waals surface area contributed by atoms with E-state index in [4.69, 9.17) is 4.74 Å². The Balaban J connectivity index is 1.50. The highest BCUT2D eigenvalue weighted by molar-refractivity contribution is 7.89. The minimum absolute atomic E-state index is 0.117. The zero-order chi connectivity index (χ0) is 22.0. The van der Waals surface area contributed by atoms with E-state index >= 15 is 0 Å². The van der Waals surface area contributed by atoms with Crippen molar-refractivity contribution in [3.05, 3.63) is 59.7 Å². The van der Waals surface area contributed by atoms with Crippen LogP contribution in [0.2, 0.25) is 0 Å². The first-order valence-electron chi connectivity index (χ1n) is 11.0. The number of benzene rings is 2. The molecule has 2 atom stereocenters. The second kappa shape index (κ2) is 9.01. The van der Waals surface area contributed by atoms with Gasteiger partial charge in [-0.15, -0.1) is 0 Å². The van der Waals surface area contributed by atoms with Gasteiger partial charge in [0.1, 0.15) is 16.7 Å². The molecular weight excluding hydrogens is 412 g/mol. The van der Waals surface area contributed by atoms with Crippen molar-refractivity contribution in [1.29, 1.82) is 0 Å². The Morgan fingerprint density at radius 1 is 1.06 bits per heavy atom. The predicted molar refractivity (Wildman–Crippen MR) is 120 cm³/mol. The molecule has 0 spiro atoms. The molecule has 7 heteroatoms. The Kier molecular flexibility index (Phi) is 6.34. The molecule has 166 valence electrons. The third-order valence-electron chi connectivity index (χ3n) is 6.43. The van der Waals surface area contributed by atoms with Crippen LogP contribution in [-0.2, 0) is 21.2 Å². The van der Waals surface area contributed by atoms with E-state index in [9.17, 15) is 13.2 Å². The minimum atomic E-state index is -3.64. The van der Waals surface area contributed by atoms with E-state index in [1.54, 1.807) is 28.6 Å². The Hall–Kier alpha value is -2.38. The topological polar surface area (TPSA) is 66.9 Å². The average Bonchev–Trinajstić information content (AvgIpc) is 3.01. The highest BCUT2D eigenvalue weighted by Gasteiger charge is 2.42. The number of amides is 1. The number of nitrogens with zero attached hydrogens (tertiary/aromatic N) is 2. The molecule has 2 aromatic carbocycles. The van der Waals surface area contributed by atoms with E-state index in [1.165, 1.54) is 11.1 Å². The first-order valence-corrected chi connectivity index (χ1v) is 12.5. The summed E-state index contributed by atoms with van der Waals surface area (Å²) >= 11 is 0. The fraction of sp³-hybridized carbons (Fsp3) is 0.458. The molecule has 0 aliphatic carbocycles. The number of likely N-dealkylation sites (N-methyl/N-ethyl adjacent to an activating group) is 1. The Morgan fingerprint density at radius 2 is 1.77 bits per heavy atom. The summed E-state index contributed by atoms with van der Waals surface area (Å²) in [5.74, 6) is 0.527. The van der Waals surface area contributed by atoms with Gasteiger partial charge in [-0.1, -0.05) is 43.3 Å². The van der Waals surface area contributed by atoms with Gasteiger partial charge in [0.15, 0.2) is 0 Å². The van der Waals surface area contributed by atoms with Gasteiger partial charge in [0.05, 0.1) is 6.04 Å². The third kappa shape index (κ3) is 4.34. The van der Waals surface area contributed by atoms with Gasteiger partial charge in [-0.05, 0) is 43.0 Å². The molecule has 31 heavy (non-hydrogen) atoms. The number of hydrogen-bond acceptors (Lipinski definition) is 4. The van der Waals surface area contributed by atoms with Gasteiger partial charge in [-0.25, -0.2) is 8.42 Å². The van der Waals surface area contributed by atoms with Crippen LogP contribution in [0.5, 0.6) is 5.75 Å². The number of carbonyl (C=O) groups is 1. The highest BCUT2D eigenvalue weighted by atomic mass is 32.2. The number of sulfonamides is 1. The molecule has 2 heterocycles. The van der Waals surface area contributed by atoms with Crippen molar-refractivity contribution in [2.45, 2.75) is 56.6 Å². The second-order valence-electron chi connectivity index (χ2n) is 8.26. The van der Waals surface area contributed by atoms with Crippen molar-refractivity contribution >= 4 is 15.9 Å². The standard InChI is InChI=1S/C24H30N2O4S/c1-3-26-20-14-16-25(24(27)13-12-19-9-5-4-8-18(19)2)17-15-21(20)30-22-10-6-7-11-23(22)31(26,28)29/h4-11,20-21H,3,12-17H2,1-2H3/t20-,21-/m1/s1. The van der Waals surface area contributed by atoms with Gasteiger partial charge in [-0.2, -0.15) is 4.31 Å². The van der Waals surface area contributed by atoms with Crippen LogP contribution >= 0.6 is 0 Å². The molecule has 0 unspecified atom stereocenters. The van der Waals surface area contributed by atoms with E-state index in [1.807, 2.05) is 24.0 Å². The molecule has 1 fully saturated rings. The van der Waals surface area contributed by atoms with Gasteiger partial charge in [0.25, 0.3) is 0 Å². The SMILES string of the molecule is CCN1[C@@H]2CCN(C(=O)CCc3ccccc3C)CC[C@H]2Oc2ccccc2S1(=O)=O. The normalized spacial score (nSPS) is 23.1. The number of ether oxygens (including phenoxy) is 1. The maximum absolute atomic E-state index is 13.3. The lowest BCUT2D eigenvalue weighted by Crippen LogP contribution is -2.47. The monoisotopic (exact) mass is 442 g/mol. The van der Waals surface area contributed by atoms with Crippen molar-refractivity contribution in [2.24, 2.45) is 0 Å². The number of fused-ring (bicyclic) bond motifs is 2. The smallest absolute Gasteiger partial charge is 0.247 e. The van der Waals surface area contributed by atoms with Gasteiger partial charge in [0.2, 0.25) is 15.9 Å². The van der Waals surface area contributed by atoms with Crippen LogP contribution in [0.4, 0.5) is 0 Å². The quantitative estimate of drug-likeness (QED) is 0.728. The number of likely N-dealkylation sites (tertiary alicyclic amines) is 1. The Labute approximate surface area is 184 Å². The van der Waals surface area contributed by atoms with E-state index in [2.05, 4.69) is 19.1 Å². The molecule has 1 amide bonds. The second-order valence-corrected chi connectivity index (χ2v) is 10.1. The lowest BCUT2D eigenvalue weighted by atomic mass is 10.0. The molecular formula is C24H30N2O4S. The number of aryl methyl sites for hydroxylation is 2. The van der Waals surface area contributed by atoms with Crippen molar-refractivity contribution in [3.63, 3.8) is 0 Å². The van der Waals surface area contributed by atoms with Gasteiger partial charge < -0.3 is 9.64 Å². The van der Waals surface area contributed by atoms with Gasteiger partial charge in [0, 0.05) is 32.5 Å². The number of para-hydroxylation sites is 1. The molecule has 2 aliphatic heterocycles. The molecule has 0 bridgehead atoms. The van der Waals surface area contributed by atoms with Crippen molar-refractivity contribution in [3.8, 4) is 5.75 Å². The predicted octanol–water partition coefficient (Wildman–Crippen LogP) is 3.39. The van der Waals surface area contributed by atoms with E-state index < -0.39 is 10.0 Å². The van der Waals surface area contributed by atoms with Crippen molar-refractivity contribution < 1.29 is 17.9 Å². The molecule has 0 aromatic heterocycles. The number of hydrogen-bond donors (Lipinski definition) is 0. The van der Waals surface area contributed by atoms with Gasteiger partial charge in [-0.3, -0.25) is 4.79 Å². The van der Waals surface area contributed by atoms with Crippen LogP contribution < -0.4 is 4.74 Å². The van der Waals surface area contributed by atoms with E-state index in [-0.39, 0.29) is 22.9 Å². The first kappa shape index (κ1) is 21.8. The summed E-state index contributed by atoms with van der Waals surface area (Å²) in [6, 6.07) is 14.7. The fourth-order valence-corrected chi connectivity index (χ4v) is 6.51. The molecule has 4 rings (SSSR count).